The molecule has 4 unspecified atom stereocenters. The van der Waals surface area contributed by atoms with Gasteiger partial charge in [0.1, 0.15) is 0 Å². The summed E-state index contributed by atoms with van der Waals surface area (Å²) in [5.74, 6) is 4.43. The Hall–Kier alpha value is 0. The summed E-state index contributed by atoms with van der Waals surface area (Å²) in [6.07, 6.45) is 26.4. The molecule has 0 N–H and O–H groups in total. The molecule has 3 saturated carbocycles. The third-order valence-corrected chi connectivity index (χ3v) is 7.10. The van der Waals surface area contributed by atoms with Crippen LogP contribution in [0.3, 0.4) is 0 Å². The Morgan fingerprint density at radius 2 is 0.905 bits per heavy atom. The van der Waals surface area contributed by atoms with E-state index < -0.39 is 0 Å². The number of rotatable bonds is 0. The molecule has 0 aromatic carbocycles. The Kier molecular flexibility index (Phi) is 6.49. The monoisotopic (exact) mass is 290 g/mol. The Bertz CT molecular complexity index is 282. The van der Waals surface area contributed by atoms with Crippen molar-refractivity contribution in [2.45, 2.75) is 109 Å². The minimum atomic E-state index is 1.10. The van der Waals surface area contributed by atoms with Gasteiger partial charge in [-0.1, -0.05) is 96.3 Å². The van der Waals surface area contributed by atoms with Gasteiger partial charge in [-0.15, -0.1) is 0 Å². The van der Waals surface area contributed by atoms with Crippen molar-refractivity contribution in [1.82, 2.24) is 0 Å². The molecule has 0 heterocycles. The Morgan fingerprint density at radius 1 is 0.333 bits per heavy atom. The quantitative estimate of drug-likeness (QED) is 0.445. The second-order valence-corrected chi connectivity index (χ2v) is 8.63. The van der Waals surface area contributed by atoms with E-state index in [4.69, 9.17) is 0 Å². The van der Waals surface area contributed by atoms with E-state index >= 15 is 0 Å². The first kappa shape index (κ1) is 15.9. The van der Waals surface area contributed by atoms with E-state index in [1.54, 1.807) is 70.6 Å². The van der Waals surface area contributed by atoms with E-state index in [-0.39, 0.29) is 0 Å². The highest BCUT2D eigenvalue weighted by atomic mass is 14.4. The lowest BCUT2D eigenvalue weighted by atomic mass is 9.71. The van der Waals surface area contributed by atoms with Crippen LogP contribution >= 0.6 is 0 Å². The molecule has 0 amide bonds. The van der Waals surface area contributed by atoms with Crippen LogP contribution in [-0.2, 0) is 0 Å². The molecule has 4 atom stereocenters. The molecule has 3 fully saturated rings. The number of hydrogen-bond donors (Lipinski definition) is 0. The third-order valence-electron chi connectivity index (χ3n) is 7.10. The highest BCUT2D eigenvalue weighted by Gasteiger charge is 2.30. The Labute approximate surface area is 133 Å². The summed E-state index contributed by atoms with van der Waals surface area (Å²) in [6, 6.07) is 0. The molecule has 3 aliphatic carbocycles. The Balaban J connectivity index is 1.59. The molecule has 3 rings (SSSR count). The third kappa shape index (κ3) is 5.00. The molecular formula is C21H38. The lowest BCUT2D eigenvalue weighted by Crippen LogP contribution is -2.23. The van der Waals surface area contributed by atoms with Crippen LogP contribution in [0.1, 0.15) is 109 Å². The van der Waals surface area contributed by atoms with Gasteiger partial charge < -0.3 is 0 Å². The van der Waals surface area contributed by atoms with Crippen molar-refractivity contribution in [2.24, 2.45) is 23.7 Å². The topological polar surface area (TPSA) is 0 Å². The van der Waals surface area contributed by atoms with Crippen LogP contribution in [0.2, 0.25) is 0 Å². The van der Waals surface area contributed by atoms with Crippen molar-refractivity contribution < 1.29 is 0 Å². The summed E-state index contributed by atoms with van der Waals surface area (Å²) in [5, 5.41) is 0. The van der Waals surface area contributed by atoms with E-state index in [9.17, 15) is 0 Å². The minimum absolute atomic E-state index is 1.10. The van der Waals surface area contributed by atoms with Gasteiger partial charge in [0.05, 0.1) is 0 Å². The van der Waals surface area contributed by atoms with Crippen molar-refractivity contribution in [3.63, 3.8) is 0 Å². The first-order valence-electron chi connectivity index (χ1n) is 10.4. The first-order chi connectivity index (χ1) is 10.4. The molecule has 122 valence electrons. The standard InChI is InChI=1S/C21H38/c1-2-4-6-10-19-12-8-14-21(17-19)20-13-7-11-18(15-16-20)9-5-3-1/h18-21H,1-17H2. The normalized spacial score (nSPS) is 40.0. The van der Waals surface area contributed by atoms with Crippen molar-refractivity contribution in [3.8, 4) is 0 Å². The number of fused-ring (bicyclic) bond motifs is 6. The summed E-state index contributed by atoms with van der Waals surface area (Å²) < 4.78 is 0. The maximum Gasteiger partial charge on any atom is -0.0383 e. The second-order valence-electron chi connectivity index (χ2n) is 8.63. The van der Waals surface area contributed by atoms with Crippen molar-refractivity contribution in [1.29, 1.82) is 0 Å². The molecule has 4 bridgehead atoms. The average Bonchev–Trinajstić information content (AvgIpc) is 2.75. The smallest absolute Gasteiger partial charge is 0.0383 e. The van der Waals surface area contributed by atoms with E-state index in [0.29, 0.717) is 0 Å². The van der Waals surface area contributed by atoms with Crippen LogP contribution in [0.15, 0.2) is 0 Å². The van der Waals surface area contributed by atoms with E-state index in [1.165, 1.54) is 38.5 Å². The predicted octanol–water partition coefficient (Wildman–Crippen LogP) is 7.12. The fourth-order valence-corrected chi connectivity index (χ4v) is 5.76. The summed E-state index contributed by atoms with van der Waals surface area (Å²) in [7, 11) is 0. The molecule has 0 aromatic heterocycles. The van der Waals surface area contributed by atoms with Gasteiger partial charge in [-0.3, -0.25) is 0 Å². The van der Waals surface area contributed by atoms with Crippen LogP contribution in [0.25, 0.3) is 0 Å². The zero-order valence-electron chi connectivity index (χ0n) is 14.3. The van der Waals surface area contributed by atoms with Gasteiger partial charge in [-0.2, -0.15) is 0 Å². The molecule has 3 aliphatic rings. The Morgan fingerprint density at radius 3 is 1.71 bits per heavy atom. The molecule has 0 saturated heterocycles. The van der Waals surface area contributed by atoms with Crippen LogP contribution in [-0.4, -0.2) is 0 Å². The van der Waals surface area contributed by atoms with Crippen LogP contribution < -0.4 is 0 Å². The summed E-state index contributed by atoms with van der Waals surface area (Å²) in [5.41, 5.74) is 0. The van der Waals surface area contributed by atoms with E-state index in [0.717, 1.165) is 23.7 Å². The molecule has 21 heavy (non-hydrogen) atoms. The highest BCUT2D eigenvalue weighted by Crippen LogP contribution is 2.42. The predicted molar refractivity (Wildman–Crippen MR) is 92.4 cm³/mol. The van der Waals surface area contributed by atoms with Crippen LogP contribution in [0.5, 0.6) is 0 Å². The van der Waals surface area contributed by atoms with Crippen LogP contribution in [0.4, 0.5) is 0 Å². The van der Waals surface area contributed by atoms with Crippen LogP contribution in [0, 0.1) is 23.7 Å². The SMILES string of the molecule is C1CCCCC2CCCC(C2)C2CCCC(CCC1)CC2. The summed E-state index contributed by atoms with van der Waals surface area (Å²) in [6.45, 7) is 0. The fourth-order valence-electron chi connectivity index (χ4n) is 5.76. The summed E-state index contributed by atoms with van der Waals surface area (Å²) >= 11 is 0. The molecule has 0 radical (unpaired) electrons. The molecule has 0 aromatic rings. The maximum atomic E-state index is 1.61. The largest absolute Gasteiger partial charge is 0.0533 e. The van der Waals surface area contributed by atoms with Gasteiger partial charge in [0.25, 0.3) is 0 Å². The lowest BCUT2D eigenvalue weighted by Gasteiger charge is -2.34. The zero-order chi connectivity index (χ0) is 14.3. The summed E-state index contributed by atoms with van der Waals surface area (Å²) in [4.78, 5) is 0. The van der Waals surface area contributed by atoms with Crippen molar-refractivity contribution >= 4 is 0 Å². The minimum Gasteiger partial charge on any atom is -0.0533 e. The lowest BCUT2D eigenvalue weighted by molar-refractivity contribution is 0.171. The molecule has 0 nitrogen and oxygen atoms in total. The van der Waals surface area contributed by atoms with Gasteiger partial charge >= 0.3 is 0 Å². The second kappa shape index (κ2) is 8.59. The van der Waals surface area contributed by atoms with Gasteiger partial charge in [-0.05, 0) is 36.5 Å². The zero-order valence-corrected chi connectivity index (χ0v) is 14.3. The number of hydrogen-bond acceptors (Lipinski definition) is 0. The van der Waals surface area contributed by atoms with E-state index in [2.05, 4.69) is 0 Å². The average molecular weight is 291 g/mol. The maximum absolute atomic E-state index is 1.61. The molecule has 0 heteroatoms. The molecule has 0 spiro atoms. The van der Waals surface area contributed by atoms with Gasteiger partial charge in [0, 0.05) is 0 Å². The molecule has 0 aliphatic heterocycles. The fraction of sp³-hybridized carbons (Fsp3) is 1.00. The van der Waals surface area contributed by atoms with Crippen molar-refractivity contribution in [2.75, 3.05) is 0 Å². The molecular weight excluding hydrogens is 252 g/mol. The van der Waals surface area contributed by atoms with E-state index in [1.807, 2.05) is 0 Å². The van der Waals surface area contributed by atoms with Gasteiger partial charge in [-0.25, -0.2) is 0 Å². The highest BCUT2D eigenvalue weighted by molar-refractivity contribution is 4.81. The van der Waals surface area contributed by atoms with Gasteiger partial charge in [0.15, 0.2) is 0 Å². The van der Waals surface area contributed by atoms with Gasteiger partial charge in [0.2, 0.25) is 0 Å². The van der Waals surface area contributed by atoms with Crippen molar-refractivity contribution in [3.05, 3.63) is 0 Å². The first-order valence-corrected chi connectivity index (χ1v) is 10.4.